The van der Waals surface area contributed by atoms with Crippen LogP contribution in [0.4, 0.5) is 5.69 Å². The molecule has 2 aromatic rings. The van der Waals surface area contributed by atoms with Crippen LogP contribution in [0.25, 0.3) is 11.0 Å². The molecule has 1 aromatic heterocycles. The maximum absolute atomic E-state index is 12.2. The van der Waals surface area contributed by atoms with Crippen molar-refractivity contribution in [2.45, 2.75) is 32.4 Å². The fourth-order valence-corrected chi connectivity index (χ4v) is 3.47. The summed E-state index contributed by atoms with van der Waals surface area (Å²) in [5.74, 6) is 0.310. The zero-order valence-electron chi connectivity index (χ0n) is 15.3. The molecule has 0 bridgehead atoms. The van der Waals surface area contributed by atoms with Crippen molar-refractivity contribution in [3.05, 3.63) is 30.1 Å². The number of anilines is 1. The smallest absolute Gasteiger partial charge is 0.249 e. The molecule has 1 aliphatic heterocycles. The predicted octanol–water partition coefficient (Wildman–Crippen LogP) is 1.87. The maximum Gasteiger partial charge on any atom is 0.249 e. The Morgan fingerprint density at radius 2 is 2.08 bits per heavy atom. The van der Waals surface area contributed by atoms with Gasteiger partial charge >= 0.3 is 0 Å². The van der Waals surface area contributed by atoms with Crippen molar-refractivity contribution < 1.29 is 9.53 Å². The average Bonchev–Trinajstić information content (AvgIpc) is 2.65. The minimum Gasteiger partial charge on any atom is -0.372 e. The van der Waals surface area contributed by atoms with E-state index in [0.29, 0.717) is 23.5 Å². The Morgan fingerprint density at radius 1 is 1.35 bits per heavy atom. The van der Waals surface area contributed by atoms with Crippen LogP contribution in [0.3, 0.4) is 0 Å². The summed E-state index contributed by atoms with van der Waals surface area (Å²) in [6, 6.07) is 5.91. The number of rotatable bonds is 4. The molecule has 0 saturated carbocycles. The van der Waals surface area contributed by atoms with Crippen LogP contribution < -0.4 is 10.2 Å². The lowest BCUT2D eigenvalue weighted by Gasteiger charge is -2.38. The third-order valence-corrected chi connectivity index (χ3v) is 4.79. The molecule has 136 valence electrons. The molecule has 1 amide bonds. The fourth-order valence-electron chi connectivity index (χ4n) is 3.47. The van der Waals surface area contributed by atoms with Crippen LogP contribution in [0, 0.1) is 17.2 Å². The average molecular weight is 353 g/mol. The molecule has 7 heteroatoms. The zero-order valence-corrected chi connectivity index (χ0v) is 15.3. The first-order valence-corrected chi connectivity index (χ1v) is 8.75. The van der Waals surface area contributed by atoms with Crippen LogP contribution >= 0.6 is 0 Å². The van der Waals surface area contributed by atoms with E-state index in [1.54, 1.807) is 25.4 Å². The summed E-state index contributed by atoms with van der Waals surface area (Å²) >= 11 is 0. The number of amides is 1. The Bertz CT molecular complexity index is 847. The molecule has 1 fully saturated rings. The monoisotopic (exact) mass is 353 g/mol. The molecule has 1 aliphatic rings. The van der Waals surface area contributed by atoms with Gasteiger partial charge in [-0.2, -0.15) is 5.26 Å². The highest BCUT2D eigenvalue weighted by molar-refractivity contribution is 5.92. The number of nitrogens with zero attached hydrogens (tertiary/aromatic N) is 4. The quantitative estimate of drug-likeness (QED) is 0.902. The Morgan fingerprint density at radius 3 is 2.77 bits per heavy atom. The third kappa shape index (κ3) is 3.60. The summed E-state index contributed by atoms with van der Waals surface area (Å²) in [6.45, 7) is 5.46. The lowest BCUT2D eigenvalue weighted by molar-refractivity contribution is -0.130. The number of carbonyl (C=O) groups excluding carboxylic acids is 1. The van der Waals surface area contributed by atoms with Crippen molar-refractivity contribution in [1.29, 1.82) is 5.26 Å². The molecule has 3 rings (SSSR count). The van der Waals surface area contributed by atoms with Gasteiger partial charge < -0.3 is 15.0 Å². The molecule has 0 radical (unpaired) electrons. The SMILES string of the molecule is CO[C@@H](C)C(=O)N[C@@H]1C[C@H](C)CN(c2ccc(C#N)c3nccnc23)C1. The highest BCUT2D eigenvalue weighted by atomic mass is 16.5. The molecule has 7 nitrogen and oxygen atoms in total. The Hall–Kier alpha value is -2.72. The van der Waals surface area contributed by atoms with Crippen LogP contribution in [0.2, 0.25) is 0 Å². The lowest BCUT2D eigenvalue weighted by Crippen LogP contribution is -2.52. The highest BCUT2D eigenvalue weighted by Crippen LogP contribution is 2.30. The Labute approximate surface area is 153 Å². The summed E-state index contributed by atoms with van der Waals surface area (Å²) in [4.78, 5) is 23.2. The number of aromatic nitrogens is 2. The second-order valence-corrected chi connectivity index (χ2v) is 6.83. The topological polar surface area (TPSA) is 91.1 Å². The number of methoxy groups -OCH3 is 1. The van der Waals surface area contributed by atoms with Crippen molar-refractivity contribution in [1.82, 2.24) is 15.3 Å². The maximum atomic E-state index is 12.2. The van der Waals surface area contributed by atoms with E-state index in [9.17, 15) is 10.1 Å². The van der Waals surface area contributed by atoms with Crippen molar-refractivity contribution in [2.24, 2.45) is 5.92 Å². The molecule has 3 atom stereocenters. The van der Waals surface area contributed by atoms with Gasteiger partial charge in [-0.15, -0.1) is 0 Å². The van der Waals surface area contributed by atoms with Gasteiger partial charge in [-0.25, -0.2) is 0 Å². The predicted molar refractivity (Wildman–Crippen MR) is 98.6 cm³/mol. The van der Waals surface area contributed by atoms with Crippen molar-refractivity contribution in [3.8, 4) is 6.07 Å². The molecule has 2 heterocycles. The number of ether oxygens (including phenoxy) is 1. The standard InChI is InChI=1S/C19H23N5O2/c1-12-8-15(23-19(25)13(2)26-3)11-24(10-12)16-5-4-14(9-20)17-18(16)22-7-6-21-17/h4-7,12-13,15H,8,10-11H2,1-3H3,(H,23,25)/t12-,13-,15+/m0/s1. The molecule has 0 aliphatic carbocycles. The largest absolute Gasteiger partial charge is 0.372 e. The van der Waals surface area contributed by atoms with E-state index in [-0.39, 0.29) is 11.9 Å². The van der Waals surface area contributed by atoms with Crippen LogP contribution in [0.1, 0.15) is 25.8 Å². The van der Waals surface area contributed by atoms with Gasteiger partial charge in [-0.05, 0) is 31.4 Å². The minimum atomic E-state index is -0.470. The molecule has 1 saturated heterocycles. The van der Waals surface area contributed by atoms with Crippen molar-refractivity contribution in [2.75, 3.05) is 25.1 Å². The number of hydrogen-bond acceptors (Lipinski definition) is 6. The van der Waals surface area contributed by atoms with Gasteiger partial charge in [-0.1, -0.05) is 6.92 Å². The molecule has 26 heavy (non-hydrogen) atoms. The van der Waals surface area contributed by atoms with Crippen molar-refractivity contribution >= 4 is 22.6 Å². The lowest BCUT2D eigenvalue weighted by atomic mass is 9.95. The summed E-state index contributed by atoms with van der Waals surface area (Å²) in [5, 5.41) is 12.4. The Kier molecular flexibility index (Phi) is 5.33. The van der Waals surface area contributed by atoms with Gasteiger partial charge in [-0.3, -0.25) is 14.8 Å². The van der Waals surface area contributed by atoms with E-state index >= 15 is 0 Å². The third-order valence-electron chi connectivity index (χ3n) is 4.79. The molecule has 0 spiro atoms. The summed E-state index contributed by atoms with van der Waals surface area (Å²) in [6.07, 6.45) is 3.68. The molecular weight excluding hydrogens is 330 g/mol. The first-order valence-electron chi connectivity index (χ1n) is 8.75. The second-order valence-electron chi connectivity index (χ2n) is 6.83. The van der Waals surface area contributed by atoms with Crippen LogP contribution in [-0.2, 0) is 9.53 Å². The number of nitrogens with one attached hydrogen (secondary N) is 1. The number of carbonyl (C=O) groups is 1. The van der Waals surface area contributed by atoms with Crippen LogP contribution in [0.15, 0.2) is 24.5 Å². The van der Waals surface area contributed by atoms with Gasteiger partial charge in [0.15, 0.2) is 0 Å². The number of nitriles is 1. The first-order chi connectivity index (χ1) is 12.5. The van der Waals surface area contributed by atoms with E-state index in [1.165, 1.54) is 7.11 Å². The van der Waals surface area contributed by atoms with E-state index in [0.717, 1.165) is 24.2 Å². The summed E-state index contributed by atoms with van der Waals surface area (Å²) < 4.78 is 5.10. The van der Waals surface area contributed by atoms with Crippen LogP contribution in [-0.4, -0.2) is 48.2 Å². The first kappa shape index (κ1) is 18.1. The number of benzene rings is 1. The molecule has 1 aromatic carbocycles. The van der Waals surface area contributed by atoms with Crippen molar-refractivity contribution in [3.63, 3.8) is 0 Å². The van der Waals surface area contributed by atoms with Crippen LogP contribution in [0.5, 0.6) is 0 Å². The number of fused-ring (bicyclic) bond motifs is 1. The van der Waals surface area contributed by atoms with Gasteiger partial charge in [0.1, 0.15) is 23.2 Å². The fraction of sp³-hybridized carbons (Fsp3) is 0.474. The van der Waals surface area contributed by atoms with Gasteiger partial charge in [0.25, 0.3) is 0 Å². The minimum absolute atomic E-state index is 0.0335. The van der Waals surface area contributed by atoms with Gasteiger partial charge in [0.2, 0.25) is 5.91 Å². The number of hydrogen-bond donors (Lipinski definition) is 1. The summed E-state index contributed by atoms with van der Waals surface area (Å²) in [5.41, 5.74) is 2.79. The Balaban J connectivity index is 1.88. The van der Waals surface area contributed by atoms with E-state index in [1.807, 2.05) is 6.07 Å². The van der Waals surface area contributed by atoms with Gasteiger partial charge in [0.05, 0.1) is 11.3 Å². The number of piperidine rings is 1. The van der Waals surface area contributed by atoms with Gasteiger partial charge in [0, 0.05) is 38.6 Å². The normalized spacial score (nSPS) is 21.2. The highest BCUT2D eigenvalue weighted by Gasteiger charge is 2.28. The van der Waals surface area contributed by atoms with E-state index < -0.39 is 6.10 Å². The zero-order chi connectivity index (χ0) is 18.7. The molecule has 0 unspecified atom stereocenters. The molecule has 1 N–H and O–H groups in total. The van der Waals surface area contributed by atoms with E-state index in [2.05, 4.69) is 33.2 Å². The summed E-state index contributed by atoms with van der Waals surface area (Å²) in [7, 11) is 1.53. The van der Waals surface area contributed by atoms with E-state index in [4.69, 9.17) is 4.74 Å². The molecular formula is C19H23N5O2. The second kappa shape index (κ2) is 7.67.